The van der Waals surface area contributed by atoms with Crippen LogP contribution in [-0.2, 0) is 4.74 Å². The van der Waals surface area contributed by atoms with Gasteiger partial charge in [0.2, 0.25) is 0 Å². The summed E-state index contributed by atoms with van der Waals surface area (Å²) in [6.07, 6.45) is 2.09. The number of para-hydroxylation sites is 1. The van der Waals surface area contributed by atoms with E-state index in [1.807, 2.05) is 23.1 Å². The molecule has 2 aliphatic rings. The van der Waals surface area contributed by atoms with Crippen LogP contribution in [0.5, 0.6) is 5.75 Å². The predicted octanol–water partition coefficient (Wildman–Crippen LogP) is 3.55. The number of carbonyl (C=O) groups excluding carboxylic acids is 2. The van der Waals surface area contributed by atoms with Crippen LogP contribution in [0.3, 0.4) is 0 Å². The lowest BCUT2D eigenvalue weighted by atomic mass is 10.1. The second-order valence-corrected chi connectivity index (χ2v) is 7.94. The van der Waals surface area contributed by atoms with Gasteiger partial charge < -0.3 is 19.3 Å². The Bertz CT molecular complexity index is 950. The number of amides is 1. The van der Waals surface area contributed by atoms with Crippen molar-refractivity contribution in [1.29, 1.82) is 0 Å². The molecule has 31 heavy (non-hydrogen) atoms. The average Bonchev–Trinajstić information content (AvgIpc) is 3.31. The summed E-state index contributed by atoms with van der Waals surface area (Å²) < 4.78 is 26.0. The Morgan fingerprint density at radius 2 is 1.90 bits per heavy atom. The van der Waals surface area contributed by atoms with Crippen molar-refractivity contribution in [3.8, 4) is 5.75 Å². The van der Waals surface area contributed by atoms with Gasteiger partial charge in [0.1, 0.15) is 18.2 Å². The number of nitrogens with zero attached hydrogens (tertiary/aromatic N) is 2. The zero-order chi connectivity index (χ0) is 21.8. The molecule has 164 valence electrons. The topological polar surface area (TPSA) is 59.1 Å². The van der Waals surface area contributed by atoms with Gasteiger partial charge in [0.05, 0.1) is 17.4 Å². The minimum absolute atomic E-state index is 0.0796. The molecular weight excluding hydrogens is 399 g/mol. The highest BCUT2D eigenvalue weighted by Gasteiger charge is 2.26. The van der Waals surface area contributed by atoms with Crippen molar-refractivity contribution < 1.29 is 23.5 Å². The van der Waals surface area contributed by atoms with Crippen LogP contribution in [0.1, 0.15) is 40.5 Å². The molecule has 0 bridgehead atoms. The monoisotopic (exact) mass is 426 g/mol. The summed E-state index contributed by atoms with van der Waals surface area (Å²) >= 11 is 0. The first-order valence-corrected chi connectivity index (χ1v) is 10.7. The van der Waals surface area contributed by atoms with E-state index in [1.54, 1.807) is 23.1 Å². The minimum atomic E-state index is -0.416. The molecule has 2 aromatic carbocycles. The first kappa shape index (κ1) is 21.3. The number of hydrogen-bond donors (Lipinski definition) is 0. The van der Waals surface area contributed by atoms with Gasteiger partial charge in [-0.05, 0) is 50.1 Å². The number of carbonyl (C=O) groups is 2. The molecule has 2 fully saturated rings. The van der Waals surface area contributed by atoms with Crippen LogP contribution >= 0.6 is 0 Å². The van der Waals surface area contributed by atoms with Crippen LogP contribution in [0.25, 0.3) is 0 Å². The fourth-order valence-corrected chi connectivity index (χ4v) is 4.03. The summed E-state index contributed by atoms with van der Waals surface area (Å²) in [5, 5.41) is 0. The number of ketones is 1. The molecular formula is C24H27FN2O4. The van der Waals surface area contributed by atoms with E-state index in [1.165, 1.54) is 13.0 Å². The molecule has 2 aliphatic heterocycles. The van der Waals surface area contributed by atoms with Gasteiger partial charge in [-0.15, -0.1) is 0 Å². The smallest absolute Gasteiger partial charge is 0.257 e. The normalized spacial score (nSPS) is 18.8. The highest BCUT2D eigenvalue weighted by molar-refractivity contribution is 5.97. The van der Waals surface area contributed by atoms with Gasteiger partial charge in [0.25, 0.3) is 5.91 Å². The molecule has 0 aliphatic carbocycles. The van der Waals surface area contributed by atoms with Gasteiger partial charge >= 0.3 is 0 Å². The van der Waals surface area contributed by atoms with Crippen LogP contribution in [0, 0.1) is 5.82 Å². The summed E-state index contributed by atoms with van der Waals surface area (Å²) in [6.45, 7) is 4.60. The van der Waals surface area contributed by atoms with Gasteiger partial charge in [-0.3, -0.25) is 9.59 Å². The molecule has 2 heterocycles. The van der Waals surface area contributed by atoms with Gasteiger partial charge in [0.15, 0.2) is 5.78 Å². The molecule has 1 atom stereocenters. The maximum atomic E-state index is 14.5. The van der Waals surface area contributed by atoms with Crippen LogP contribution in [0.2, 0.25) is 0 Å². The highest BCUT2D eigenvalue weighted by Crippen LogP contribution is 2.25. The molecule has 4 rings (SSSR count). The van der Waals surface area contributed by atoms with Gasteiger partial charge in [-0.1, -0.05) is 12.1 Å². The van der Waals surface area contributed by atoms with Crippen molar-refractivity contribution in [2.24, 2.45) is 0 Å². The maximum Gasteiger partial charge on any atom is 0.257 e. The largest absolute Gasteiger partial charge is 0.490 e. The molecule has 6 nitrogen and oxygen atoms in total. The number of benzene rings is 2. The molecule has 1 unspecified atom stereocenters. The average molecular weight is 426 g/mol. The lowest BCUT2D eigenvalue weighted by Gasteiger charge is -2.36. The second kappa shape index (κ2) is 9.47. The summed E-state index contributed by atoms with van der Waals surface area (Å²) in [4.78, 5) is 28.3. The first-order valence-electron chi connectivity index (χ1n) is 10.7. The standard InChI is InChI=1S/C24H27FN2O4/c1-17(28)18-8-9-22(21(25)15-18)26-10-12-27(13-11-26)24(29)20-6-2-3-7-23(20)31-16-19-5-4-14-30-19/h2-3,6-9,15,19H,4-5,10-14,16H2,1H3. The molecule has 0 spiro atoms. The van der Waals surface area contributed by atoms with Crippen molar-refractivity contribution in [3.63, 3.8) is 0 Å². The highest BCUT2D eigenvalue weighted by atomic mass is 19.1. The Morgan fingerprint density at radius 1 is 1.13 bits per heavy atom. The molecule has 0 radical (unpaired) electrons. The van der Waals surface area contributed by atoms with Crippen LogP contribution < -0.4 is 9.64 Å². The molecule has 0 saturated carbocycles. The summed E-state index contributed by atoms with van der Waals surface area (Å²) in [6, 6.07) is 11.8. The molecule has 7 heteroatoms. The summed E-state index contributed by atoms with van der Waals surface area (Å²) in [7, 11) is 0. The zero-order valence-corrected chi connectivity index (χ0v) is 17.7. The van der Waals surface area contributed by atoms with Crippen molar-refractivity contribution in [3.05, 3.63) is 59.4 Å². The SMILES string of the molecule is CC(=O)c1ccc(N2CCN(C(=O)c3ccccc3OCC3CCCO3)CC2)c(F)c1. The van der Waals surface area contributed by atoms with Crippen LogP contribution in [-0.4, -0.2) is 62.1 Å². The Balaban J connectivity index is 1.39. The van der Waals surface area contributed by atoms with E-state index < -0.39 is 5.82 Å². The Morgan fingerprint density at radius 3 is 2.58 bits per heavy atom. The van der Waals surface area contributed by atoms with Crippen molar-refractivity contribution in [2.45, 2.75) is 25.9 Å². The summed E-state index contributed by atoms with van der Waals surface area (Å²) in [5.74, 6) is -0.104. The number of hydrogen-bond acceptors (Lipinski definition) is 5. The lowest BCUT2D eigenvalue weighted by Crippen LogP contribution is -2.49. The van der Waals surface area contributed by atoms with Crippen molar-refractivity contribution in [1.82, 2.24) is 4.90 Å². The lowest BCUT2D eigenvalue weighted by molar-refractivity contribution is 0.0648. The third-order valence-electron chi connectivity index (χ3n) is 5.83. The second-order valence-electron chi connectivity index (χ2n) is 7.94. The number of ether oxygens (including phenoxy) is 2. The van der Waals surface area contributed by atoms with Crippen LogP contribution in [0.4, 0.5) is 10.1 Å². The van der Waals surface area contributed by atoms with E-state index in [-0.39, 0.29) is 17.8 Å². The molecule has 1 amide bonds. The Hall–Kier alpha value is -2.93. The molecule has 2 aromatic rings. The fourth-order valence-electron chi connectivity index (χ4n) is 4.03. The fraction of sp³-hybridized carbons (Fsp3) is 0.417. The third kappa shape index (κ3) is 4.88. The quantitative estimate of drug-likeness (QED) is 0.662. The van der Waals surface area contributed by atoms with Crippen molar-refractivity contribution >= 4 is 17.4 Å². The van der Waals surface area contributed by atoms with E-state index in [0.29, 0.717) is 55.3 Å². The number of piperazine rings is 1. The number of rotatable bonds is 6. The van der Waals surface area contributed by atoms with E-state index in [0.717, 1.165) is 19.4 Å². The number of anilines is 1. The molecule has 0 N–H and O–H groups in total. The van der Waals surface area contributed by atoms with Crippen molar-refractivity contribution in [2.75, 3.05) is 44.3 Å². The minimum Gasteiger partial charge on any atom is -0.490 e. The molecule has 0 aromatic heterocycles. The summed E-state index contributed by atoms with van der Waals surface area (Å²) in [5.41, 5.74) is 1.35. The third-order valence-corrected chi connectivity index (χ3v) is 5.83. The van der Waals surface area contributed by atoms with E-state index in [4.69, 9.17) is 9.47 Å². The van der Waals surface area contributed by atoms with Gasteiger partial charge in [0, 0.05) is 38.3 Å². The number of Topliss-reactive ketones (excluding diaryl/α,β-unsaturated/α-hetero) is 1. The molecule has 2 saturated heterocycles. The van der Waals surface area contributed by atoms with Gasteiger partial charge in [-0.25, -0.2) is 4.39 Å². The van der Waals surface area contributed by atoms with E-state index in [9.17, 15) is 14.0 Å². The predicted molar refractivity (Wildman–Crippen MR) is 115 cm³/mol. The van der Waals surface area contributed by atoms with Gasteiger partial charge in [-0.2, -0.15) is 0 Å². The maximum absolute atomic E-state index is 14.5. The Kier molecular flexibility index (Phi) is 6.51. The number of halogens is 1. The van der Waals surface area contributed by atoms with E-state index >= 15 is 0 Å². The Labute approximate surface area is 181 Å². The first-order chi connectivity index (χ1) is 15.0. The van der Waals surface area contributed by atoms with E-state index in [2.05, 4.69) is 0 Å². The van der Waals surface area contributed by atoms with Crippen LogP contribution in [0.15, 0.2) is 42.5 Å². The zero-order valence-electron chi connectivity index (χ0n) is 17.7.